The summed E-state index contributed by atoms with van der Waals surface area (Å²) >= 11 is 0. The molecule has 0 amide bonds. The van der Waals surface area contributed by atoms with Crippen molar-refractivity contribution in [2.24, 2.45) is 0 Å². The number of rotatable bonds is 4. The van der Waals surface area contributed by atoms with Crippen LogP contribution in [0.1, 0.15) is 44.9 Å². The number of nitrogens with zero attached hydrogens (tertiary/aromatic N) is 2. The number of aryl methyl sites for hydroxylation is 4. The molecule has 0 atom stereocenters. The first-order valence-electron chi connectivity index (χ1n) is 9.60. The number of H-pyrrole nitrogens is 1. The summed E-state index contributed by atoms with van der Waals surface area (Å²) in [5.41, 5.74) is 10.5. The van der Waals surface area contributed by atoms with E-state index in [-0.39, 0.29) is 0 Å². The van der Waals surface area contributed by atoms with Crippen molar-refractivity contribution in [3.8, 4) is 23.3 Å². The van der Waals surface area contributed by atoms with E-state index in [4.69, 9.17) is 10.5 Å². The highest BCUT2D eigenvalue weighted by molar-refractivity contribution is 5.79. The van der Waals surface area contributed by atoms with Gasteiger partial charge in [-0.15, -0.1) is 0 Å². The van der Waals surface area contributed by atoms with Crippen LogP contribution in [0.15, 0.2) is 48.8 Å². The Morgan fingerprint density at radius 3 is 1.72 bits per heavy atom. The minimum atomic E-state index is -0.714. The van der Waals surface area contributed by atoms with Crippen molar-refractivity contribution >= 4 is 12.2 Å². The average Bonchev–Trinajstić information content (AvgIpc) is 2.70. The molecule has 1 N–H and O–H groups in total. The van der Waals surface area contributed by atoms with E-state index < -0.39 is 5.92 Å². The van der Waals surface area contributed by atoms with Crippen LogP contribution in [-0.2, 0) is 0 Å². The number of hydrogen-bond acceptors (Lipinski definition) is 2. The van der Waals surface area contributed by atoms with Gasteiger partial charge >= 0.3 is 0 Å². The first-order valence-corrected chi connectivity index (χ1v) is 9.60. The zero-order chi connectivity index (χ0) is 21.0. The summed E-state index contributed by atoms with van der Waals surface area (Å²) in [6.07, 6.45) is 8.24. The molecule has 3 rings (SSSR count). The molecule has 0 fully saturated rings. The zero-order valence-electron chi connectivity index (χ0n) is 17.2. The molecule has 0 unspecified atom stereocenters. The predicted molar refractivity (Wildman–Crippen MR) is 117 cm³/mol. The highest BCUT2D eigenvalue weighted by Crippen LogP contribution is 2.33. The maximum atomic E-state index is 9.00. The summed E-state index contributed by atoms with van der Waals surface area (Å²) in [6.45, 7) is 8.60. The summed E-state index contributed by atoms with van der Waals surface area (Å²) in [5.74, 6) is -0.714. The molecule has 1 heterocycles. The van der Waals surface area contributed by atoms with E-state index in [1.807, 2.05) is 48.8 Å². The molecule has 0 bridgehead atoms. The van der Waals surface area contributed by atoms with Gasteiger partial charge in [-0.1, -0.05) is 48.6 Å². The van der Waals surface area contributed by atoms with E-state index in [9.17, 15) is 0 Å². The fourth-order valence-corrected chi connectivity index (χ4v) is 3.80. The van der Waals surface area contributed by atoms with Crippen molar-refractivity contribution in [1.82, 2.24) is 0 Å². The van der Waals surface area contributed by atoms with Gasteiger partial charge in [-0.05, 0) is 66.6 Å². The number of benzene rings is 2. The standard InChI is InChI=1S/C26H23N3/c1-17-11-22(6-5-21-7-9-23(10-8-21)24(13-27)14-28)12-18(2)25(17)26-19(3)15-29-16-20(26)4/h5-12,15-16,24H,1-4H3/p+1/b6-5+. The van der Waals surface area contributed by atoms with Gasteiger partial charge in [-0.25, -0.2) is 4.98 Å². The molecule has 29 heavy (non-hydrogen) atoms. The van der Waals surface area contributed by atoms with Crippen LogP contribution < -0.4 is 4.98 Å². The third kappa shape index (κ3) is 4.26. The van der Waals surface area contributed by atoms with Gasteiger partial charge in [0.15, 0.2) is 18.3 Å². The predicted octanol–water partition coefficient (Wildman–Crippen LogP) is 5.70. The molecule has 1 aromatic heterocycles. The fourth-order valence-electron chi connectivity index (χ4n) is 3.80. The smallest absolute Gasteiger partial charge is 0.170 e. The van der Waals surface area contributed by atoms with Gasteiger partial charge < -0.3 is 0 Å². The SMILES string of the molecule is Cc1c[nH+]cc(C)c1-c1c(C)cc(/C=C/c2ccc(C(C#N)C#N)cc2)cc1C. The molecule has 142 valence electrons. The van der Waals surface area contributed by atoms with Crippen LogP contribution >= 0.6 is 0 Å². The molecule has 3 nitrogen and oxygen atoms in total. The zero-order valence-corrected chi connectivity index (χ0v) is 17.2. The number of nitrogens with one attached hydrogen (secondary N) is 1. The summed E-state index contributed by atoms with van der Waals surface area (Å²) in [5, 5.41) is 18.0. The number of hydrogen-bond donors (Lipinski definition) is 0. The lowest BCUT2D eigenvalue weighted by Gasteiger charge is -2.14. The summed E-state index contributed by atoms with van der Waals surface area (Å²) in [7, 11) is 0. The number of nitriles is 2. The topological polar surface area (TPSA) is 61.7 Å². The molecule has 0 saturated heterocycles. The van der Waals surface area contributed by atoms with Crippen LogP contribution in [0.3, 0.4) is 0 Å². The van der Waals surface area contributed by atoms with Gasteiger partial charge in [0.1, 0.15) is 0 Å². The second-order valence-corrected chi connectivity index (χ2v) is 7.42. The van der Waals surface area contributed by atoms with Gasteiger partial charge in [0.2, 0.25) is 0 Å². The van der Waals surface area contributed by atoms with Gasteiger partial charge in [0.25, 0.3) is 0 Å². The van der Waals surface area contributed by atoms with E-state index in [2.05, 4.69) is 57.0 Å². The lowest BCUT2D eigenvalue weighted by Crippen LogP contribution is -2.05. The van der Waals surface area contributed by atoms with Crippen LogP contribution in [0, 0.1) is 50.4 Å². The van der Waals surface area contributed by atoms with Crippen molar-refractivity contribution in [2.75, 3.05) is 0 Å². The Morgan fingerprint density at radius 1 is 0.724 bits per heavy atom. The average molecular weight is 378 g/mol. The first kappa shape index (κ1) is 20.1. The van der Waals surface area contributed by atoms with E-state index in [0.29, 0.717) is 0 Å². The molecule has 0 radical (unpaired) electrons. The third-order valence-corrected chi connectivity index (χ3v) is 5.19. The van der Waals surface area contributed by atoms with Crippen LogP contribution in [-0.4, -0.2) is 0 Å². The van der Waals surface area contributed by atoms with Crippen molar-refractivity contribution in [3.05, 3.63) is 87.7 Å². The lowest BCUT2D eigenvalue weighted by molar-refractivity contribution is -0.379. The van der Waals surface area contributed by atoms with Crippen molar-refractivity contribution < 1.29 is 4.98 Å². The number of aromatic nitrogens is 1. The highest BCUT2D eigenvalue weighted by Gasteiger charge is 2.14. The summed E-state index contributed by atoms with van der Waals surface area (Å²) < 4.78 is 0. The van der Waals surface area contributed by atoms with E-state index in [1.54, 1.807) is 0 Å². The highest BCUT2D eigenvalue weighted by atomic mass is 14.6. The van der Waals surface area contributed by atoms with Crippen molar-refractivity contribution in [3.63, 3.8) is 0 Å². The molecule has 0 aliphatic rings. The number of aromatic amines is 1. The Bertz CT molecular complexity index is 1100. The lowest BCUT2D eigenvalue weighted by atomic mass is 9.89. The molecule has 0 saturated carbocycles. The monoisotopic (exact) mass is 378 g/mol. The summed E-state index contributed by atoms with van der Waals surface area (Å²) in [4.78, 5) is 3.20. The molecule has 0 aliphatic heterocycles. The number of pyridine rings is 1. The molecule has 2 aromatic carbocycles. The quantitative estimate of drug-likeness (QED) is 0.547. The fraction of sp³-hybridized carbons (Fsp3) is 0.192. The second-order valence-electron chi connectivity index (χ2n) is 7.42. The van der Waals surface area contributed by atoms with Crippen LogP contribution in [0.4, 0.5) is 0 Å². The molecule has 0 aliphatic carbocycles. The molecule has 0 spiro atoms. The Balaban J connectivity index is 1.90. The molecular formula is C26H24N3+. The van der Waals surface area contributed by atoms with Gasteiger partial charge in [0, 0.05) is 11.1 Å². The van der Waals surface area contributed by atoms with E-state index >= 15 is 0 Å². The van der Waals surface area contributed by atoms with Gasteiger partial charge in [-0.2, -0.15) is 10.5 Å². The maximum absolute atomic E-state index is 9.00. The Morgan fingerprint density at radius 2 is 1.21 bits per heavy atom. The van der Waals surface area contributed by atoms with Crippen LogP contribution in [0.5, 0.6) is 0 Å². The third-order valence-electron chi connectivity index (χ3n) is 5.19. The van der Waals surface area contributed by atoms with Gasteiger partial charge in [0.05, 0.1) is 12.1 Å². The minimum Gasteiger partial charge on any atom is -0.217 e. The van der Waals surface area contributed by atoms with E-state index in [1.165, 1.54) is 33.4 Å². The minimum absolute atomic E-state index is 0.714. The Labute approximate surface area is 172 Å². The van der Waals surface area contributed by atoms with Crippen molar-refractivity contribution in [2.45, 2.75) is 33.6 Å². The van der Waals surface area contributed by atoms with Crippen LogP contribution in [0.2, 0.25) is 0 Å². The van der Waals surface area contributed by atoms with Gasteiger partial charge in [-0.3, -0.25) is 0 Å². The molecule has 3 aromatic rings. The second kappa shape index (κ2) is 8.55. The maximum Gasteiger partial charge on any atom is 0.170 e. The Kier molecular flexibility index (Phi) is 5.91. The van der Waals surface area contributed by atoms with E-state index in [0.717, 1.165) is 16.7 Å². The molecular weight excluding hydrogens is 354 g/mol. The Hall–Kier alpha value is -3.69. The largest absolute Gasteiger partial charge is 0.217 e. The summed E-state index contributed by atoms with van der Waals surface area (Å²) in [6, 6.07) is 16.0. The normalized spacial score (nSPS) is 10.9. The first-order chi connectivity index (χ1) is 13.9. The molecule has 3 heteroatoms. The van der Waals surface area contributed by atoms with Crippen molar-refractivity contribution in [1.29, 1.82) is 10.5 Å². The van der Waals surface area contributed by atoms with Crippen LogP contribution in [0.25, 0.3) is 23.3 Å².